The molecule has 1 aliphatic rings. The molecule has 5 rings (SSSR count). The second-order valence-electron chi connectivity index (χ2n) is 11.0. The van der Waals surface area contributed by atoms with E-state index in [0.29, 0.717) is 39.9 Å². The zero-order valence-corrected chi connectivity index (χ0v) is 26.4. The molecular formula is C34H37ClN4O2S. The minimum Gasteiger partial charge on any atom is -0.336 e. The Balaban J connectivity index is 1.82. The number of hydrogen-bond donors (Lipinski definition) is 1. The zero-order valence-electron chi connectivity index (χ0n) is 24.8. The zero-order chi connectivity index (χ0) is 30.0. The van der Waals surface area contributed by atoms with Crippen LogP contribution in [0.2, 0.25) is 5.02 Å². The Morgan fingerprint density at radius 1 is 1.12 bits per heavy atom. The van der Waals surface area contributed by atoms with Crippen LogP contribution in [0, 0.1) is 0 Å². The Hall–Kier alpha value is -3.52. The number of benzene rings is 2. The minimum atomic E-state index is -0.180. The first kappa shape index (κ1) is 30.0. The fraction of sp³-hybridized carbons (Fsp3) is 0.324. The fourth-order valence-electron chi connectivity index (χ4n) is 5.53. The molecule has 0 saturated carbocycles. The number of allylic oxidation sites excluding steroid dienone is 1. The number of pyridine rings is 1. The van der Waals surface area contributed by atoms with Gasteiger partial charge in [0.2, 0.25) is 0 Å². The number of aryl methyl sites for hydroxylation is 2. The van der Waals surface area contributed by atoms with Crippen LogP contribution in [0.5, 0.6) is 0 Å². The van der Waals surface area contributed by atoms with E-state index in [1.165, 1.54) is 11.3 Å². The van der Waals surface area contributed by atoms with Crippen molar-refractivity contribution in [3.63, 3.8) is 0 Å². The van der Waals surface area contributed by atoms with E-state index in [1.54, 1.807) is 10.6 Å². The third kappa shape index (κ3) is 6.00. The van der Waals surface area contributed by atoms with Crippen molar-refractivity contribution in [2.75, 3.05) is 19.6 Å². The van der Waals surface area contributed by atoms with Crippen molar-refractivity contribution in [1.82, 2.24) is 19.8 Å². The summed E-state index contributed by atoms with van der Waals surface area (Å²) in [5.41, 5.74) is 7.03. The summed E-state index contributed by atoms with van der Waals surface area (Å²) in [4.78, 5) is 35.7. The van der Waals surface area contributed by atoms with Crippen molar-refractivity contribution >= 4 is 34.9 Å². The summed E-state index contributed by atoms with van der Waals surface area (Å²) in [6.07, 6.45) is 3.48. The van der Waals surface area contributed by atoms with Gasteiger partial charge in [0.05, 0.1) is 28.2 Å². The van der Waals surface area contributed by atoms with Crippen molar-refractivity contribution in [2.24, 2.45) is 0 Å². The SMILES string of the molecule is CCc1cccc(CC)c1-n1c(C=C(C)C)c(C(=O)N2CCN[C@@H](C)C2)cc(-c2nc(-c3ccc(Cl)cc3)cs2)c1=O. The molecule has 2 aromatic heterocycles. The second-order valence-corrected chi connectivity index (χ2v) is 12.3. The van der Waals surface area contributed by atoms with Gasteiger partial charge in [-0.25, -0.2) is 4.98 Å². The molecule has 1 saturated heterocycles. The Labute approximate surface area is 256 Å². The lowest BCUT2D eigenvalue weighted by Crippen LogP contribution is -2.51. The number of para-hydroxylation sites is 1. The number of halogens is 1. The summed E-state index contributed by atoms with van der Waals surface area (Å²) in [6.45, 7) is 12.2. The molecule has 4 aromatic rings. The van der Waals surface area contributed by atoms with Crippen molar-refractivity contribution in [3.05, 3.63) is 97.2 Å². The Bertz CT molecular complexity index is 1680. The van der Waals surface area contributed by atoms with Gasteiger partial charge in [-0.3, -0.25) is 14.2 Å². The van der Waals surface area contributed by atoms with Crippen molar-refractivity contribution < 1.29 is 4.79 Å². The molecule has 8 heteroatoms. The average molecular weight is 601 g/mol. The first-order chi connectivity index (χ1) is 20.2. The second kappa shape index (κ2) is 12.8. The summed E-state index contributed by atoms with van der Waals surface area (Å²) in [5.74, 6) is -0.0765. The lowest BCUT2D eigenvalue weighted by atomic mass is 9.99. The number of hydrogen-bond acceptors (Lipinski definition) is 5. The van der Waals surface area contributed by atoms with E-state index in [4.69, 9.17) is 16.6 Å². The summed E-state index contributed by atoms with van der Waals surface area (Å²) < 4.78 is 1.78. The highest BCUT2D eigenvalue weighted by molar-refractivity contribution is 7.13. The maximum absolute atomic E-state index is 14.7. The van der Waals surface area contributed by atoms with Crippen LogP contribution in [0.4, 0.5) is 0 Å². The molecule has 218 valence electrons. The number of carbonyl (C=O) groups excluding carboxylic acids is 1. The summed E-state index contributed by atoms with van der Waals surface area (Å²) in [5, 5.41) is 6.60. The van der Waals surface area contributed by atoms with E-state index >= 15 is 0 Å². The summed E-state index contributed by atoms with van der Waals surface area (Å²) >= 11 is 7.52. The monoisotopic (exact) mass is 600 g/mol. The molecule has 1 aliphatic heterocycles. The first-order valence-electron chi connectivity index (χ1n) is 14.5. The number of thiazole rings is 1. The number of carbonyl (C=O) groups is 1. The summed E-state index contributed by atoms with van der Waals surface area (Å²) in [7, 11) is 0. The molecule has 0 spiro atoms. The average Bonchev–Trinajstić information content (AvgIpc) is 3.47. The molecule has 2 aromatic carbocycles. The van der Waals surface area contributed by atoms with Gasteiger partial charge in [0, 0.05) is 41.6 Å². The fourth-order valence-corrected chi connectivity index (χ4v) is 6.49. The van der Waals surface area contributed by atoms with Gasteiger partial charge in [0.25, 0.3) is 11.5 Å². The van der Waals surface area contributed by atoms with Crippen molar-refractivity contribution in [3.8, 4) is 27.5 Å². The Morgan fingerprint density at radius 3 is 2.43 bits per heavy atom. The van der Waals surface area contributed by atoms with Crippen LogP contribution in [-0.2, 0) is 12.8 Å². The van der Waals surface area contributed by atoms with Gasteiger partial charge < -0.3 is 10.2 Å². The van der Waals surface area contributed by atoms with Crippen molar-refractivity contribution in [1.29, 1.82) is 0 Å². The van der Waals surface area contributed by atoms with E-state index in [0.717, 1.165) is 53.0 Å². The highest BCUT2D eigenvalue weighted by atomic mass is 35.5. The van der Waals surface area contributed by atoms with Crippen LogP contribution in [-0.4, -0.2) is 46.0 Å². The molecule has 1 amide bonds. The number of nitrogens with one attached hydrogen (secondary N) is 1. The van der Waals surface area contributed by atoms with Crippen LogP contribution in [0.3, 0.4) is 0 Å². The van der Waals surface area contributed by atoms with E-state index < -0.39 is 0 Å². The number of piperazine rings is 1. The standard InChI is InChI=1S/C34H37ClN4O2S/c1-6-23-9-8-10-24(7-2)31(23)39-30(17-21(3)4)27(33(40)38-16-15-36-22(5)19-38)18-28(34(39)41)32-37-29(20-42-32)25-11-13-26(35)14-12-25/h8-14,17-18,20,22,36H,6-7,15-16,19H2,1-5H3/t22-/m0/s1. The lowest BCUT2D eigenvalue weighted by Gasteiger charge is -2.32. The quantitative estimate of drug-likeness (QED) is 0.242. The Morgan fingerprint density at radius 2 is 1.81 bits per heavy atom. The third-order valence-electron chi connectivity index (χ3n) is 7.61. The molecule has 42 heavy (non-hydrogen) atoms. The molecule has 0 aliphatic carbocycles. The number of aromatic nitrogens is 2. The minimum absolute atomic E-state index is 0.0765. The lowest BCUT2D eigenvalue weighted by molar-refractivity contribution is 0.0708. The normalized spacial score (nSPS) is 15.1. The molecule has 0 unspecified atom stereocenters. The molecule has 6 nitrogen and oxygen atoms in total. The molecule has 0 radical (unpaired) electrons. The maximum atomic E-state index is 14.7. The third-order valence-corrected chi connectivity index (χ3v) is 8.74. The van der Waals surface area contributed by atoms with Crippen LogP contribution < -0.4 is 10.9 Å². The van der Waals surface area contributed by atoms with Crippen LogP contribution in [0.15, 0.2) is 64.3 Å². The van der Waals surface area contributed by atoms with Crippen LogP contribution in [0.25, 0.3) is 33.6 Å². The maximum Gasteiger partial charge on any atom is 0.265 e. The summed E-state index contributed by atoms with van der Waals surface area (Å²) in [6, 6.07) is 15.6. The van der Waals surface area contributed by atoms with Crippen molar-refractivity contribution in [2.45, 2.75) is 53.5 Å². The van der Waals surface area contributed by atoms with Gasteiger partial charge in [-0.15, -0.1) is 11.3 Å². The topological polar surface area (TPSA) is 67.2 Å². The molecule has 1 N–H and O–H groups in total. The molecule has 1 atom stereocenters. The highest BCUT2D eigenvalue weighted by Crippen LogP contribution is 2.32. The van der Waals surface area contributed by atoms with E-state index in [-0.39, 0.29) is 17.5 Å². The van der Waals surface area contributed by atoms with Crippen LogP contribution in [0.1, 0.15) is 61.8 Å². The predicted molar refractivity (Wildman–Crippen MR) is 175 cm³/mol. The van der Waals surface area contributed by atoms with E-state index in [9.17, 15) is 9.59 Å². The van der Waals surface area contributed by atoms with Gasteiger partial charge in [-0.1, -0.05) is 61.4 Å². The van der Waals surface area contributed by atoms with E-state index in [2.05, 4.69) is 38.2 Å². The Kier molecular flexibility index (Phi) is 9.11. The van der Waals surface area contributed by atoms with E-state index in [1.807, 2.05) is 60.5 Å². The van der Waals surface area contributed by atoms with Gasteiger partial charge >= 0.3 is 0 Å². The highest BCUT2D eigenvalue weighted by Gasteiger charge is 2.28. The number of nitrogens with zero attached hydrogens (tertiary/aromatic N) is 3. The number of amides is 1. The molecule has 0 bridgehead atoms. The largest absolute Gasteiger partial charge is 0.336 e. The smallest absolute Gasteiger partial charge is 0.265 e. The van der Waals surface area contributed by atoms with Crippen LogP contribution >= 0.6 is 22.9 Å². The van der Waals surface area contributed by atoms with Gasteiger partial charge in [-0.05, 0) is 69.0 Å². The number of rotatable bonds is 7. The molecule has 1 fully saturated rings. The molecule has 3 heterocycles. The first-order valence-corrected chi connectivity index (χ1v) is 15.8. The van der Waals surface area contributed by atoms with Gasteiger partial charge in [0.1, 0.15) is 5.01 Å². The van der Waals surface area contributed by atoms with Gasteiger partial charge in [0.15, 0.2) is 0 Å². The molecular weight excluding hydrogens is 564 g/mol. The van der Waals surface area contributed by atoms with Gasteiger partial charge in [-0.2, -0.15) is 0 Å². The predicted octanol–water partition coefficient (Wildman–Crippen LogP) is 7.26.